The summed E-state index contributed by atoms with van der Waals surface area (Å²) in [6.45, 7) is -0.628. The summed E-state index contributed by atoms with van der Waals surface area (Å²) in [6.07, 6.45) is -4.66. The van der Waals surface area contributed by atoms with E-state index >= 15 is 8.78 Å². The number of aromatic nitrogens is 4. The zero-order valence-corrected chi connectivity index (χ0v) is 19.6. The smallest absolute Gasteiger partial charge is 0.338 e. The van der Waals surface area contributed by atoms with Crippen LogP contribution in [0.25, 0.3) is 11.2 Å². The quantitative estimate of drug-likeness (QED) is 0.293. The summed E-state index contributed by atoms with van der Waals surface area (Å²) >= 11 is 6.03. The van der Waals surface area contributed by atoms with Crippen LogP contribution in [0.5, 0.6) is 0 Å². The minimum absolute atomic E-state index is 0.0204. The molecule has 1 saturated heterocycles. The number of halogens is 3. The first kappa shape index (κ1) is 24.5. The molecule has 0 bridgehead atoms. The van der Waals surface area contributed by atoms with E-state index in [0.717, 1.165) is 10.9 Å². The van der Waals surface area contributed by atoms with Crippen LogP contribution in [0.4, 0.5) is 14.7 Å². The summed E-state index contributed by atoms with van der Waals surface area (Å²) in [6, 6.07) is 15.6. The molecular weight excluding hydrogens is 512 g/mol. The Morgan fingerprint density at radius 1 is 1.03 bits per heavy atom. The minimum atomic E-state index is -3.81. The van der Waals surface area contributed by atoms with E-state index in [9.17, 15) is 9.59 Å². The van der Waals surface area contributed by atoms with Crippen LogP contribution in [0, 0.1) is 0 Å². The molecule has 13 heteroatoms. The zero-order chi connectivity index (χ0) is 26.2. The number of benzene rings is 2. The SMILES string of the molecule is Nc1nc(Cl)c2ncn([C@H]3O[C@@H](COC(=O)c4ccccc4)[C@H](OC(=O)c4ccccc4)C3(F)F)c2n1. The number of nitrogens with two attached hydrogens (primary N) is 1. The summed E-state index contributed by atoms with van der Waals surface area (Å²) in [5.74, 6) is -5.84. The first-order valence-corrected chi connectivity index (χ1v) is 11.3. The Bertz CT molecular complexity index is 1450. The number of rotatable bonds is 6. The number of imidazole rings is 1. The molecular formula is C24H18ClF2N5O5. The van der Waals surface area contributed by atoms with E-state index < -0.39 is 42.9 Å². The lowest BCUT2D eigenvalue weighted by atomic mass is 10.1. The summed E-state index contributed by atoms with van der Waals surface area (Å²) in [7, 11) is 0. The molecule has 0 unspecified atom stereocenters. The zero-order valence-electron chi connectivity index (χ0n) is 18.8. The molecule has 0 spiro atoms. The van der Waals surface area contributed by atoms with Gasteiger partial charge >= 0.3 is 17.9 Å². The number of ether oxygens (including phenoxy) is 3. The van der Waals surface area contributed by atoms with E-state index in [4.69, 9.17) is 31.5 Å². The highest BCUT2D eigenvalue weighted by molar-refractivity contribution is 6.33. The maximum atomic E-state index is 15.8. The average molecular weight is 530 g/mol. The molecule has 3 heterocycles. The van der Waals surface area contributed by atoms with E-state index in [1.54, 1.807) is 36.4 Å². The summed E-state index contributed by atoms with van der Waals surface area (Å²) < 4.78 is 48.7. The largest absolute Gasteiger partial charge is 0.459 e. The Morgan fingerprint density at radius 3 is 2.30 bits per heavy atom. The number of nitrogen functional groups attached to an aromatic ring is 1. The first-order chi connectivity index (χ1) is 17.8. The highest BCUT2D eigenvalue weighted by Crippen LogP contribution is 2.46. The molecule has 0 saturated carbocycles. The van der Waals surface area contributed by atoms with Crippen LogP contribution in [-0.4, -0.2) is 56.2 Å². The van der Waals surface area contributed by atoms with E-state index in [1.165, 1.54) is 24.3 Å². The van der Waals surface area contributed by atoms with Crippen molar-refractivity contribution < 1.29 is 32.6 Å². The van der Waals surface area contributed by atoms with Crippen LogP contribution in [-0.2, 0) is 14.2 Å². The van der Waals surface area contributed by atoms with E-state index in [1.807, 2.05) is 0 Å². The topological polar surface area (TPSA) is 131 Å². The molecule has 3 atom stereocenters. The Balaban J connectivity index is 1.47. The van der Waals surface area contributed by atoms with Gasteiger partial charge < -0.3 is 19.9 Å². The second-order valence-electron chi connectivity index (χ2n) is 8.05. The molecule has 1 aliphatic heterocycles. The van der Waals surface area contributed by atoms with Gasteiger partial charge in [0, 0.05) is 0 Å². The van der Waals surface area contributed by atoms with Crippen molar-refractivity contribution in [3.8, 4) is 0 Å². The Labute approximate surface area is 212 Å². The van der Waals surface area contributed by atoms with Crippen molar-refractivity contribution >= 4 is 40.7 Å². The van der Waals surface area contributed by atoms with Crippen molar-refractivity contribution in [2.45, 2.75) is 24.4 Å². The van der Waals surface area contributed by atoms with Gasteiger partial charge in [0.2, 0.25) is 12.2 Å². The molecule has 1 fully saturated rings. The molecule has 2 aromatic heterocycles. The fourth-order valence-corrected chi connectivity index (χ4v) is 4.11. The van der Waals surface area contributed by atoms with Gasteiger partial charge in [-0.05, 0) is 24.3 Å². The van der Waals surface area contributed by atoms with Crippen LogP contribution in [0.3, 0.4) is 0 Å². The van der Waals surface area contributed by atoms with Crippen LogP contribution >= 0.6 is 11.6 Å². The number of anilines is 1. The van der Waals surface area contributed by atoms with Crippen LogP contribution in [0.2, 0.25) is 5.15 Å². The molecule has 190 valence electrons. The van der Waals surface area contributed by atoms with Crippen molar-refractivity contribution in [3.63, 3.8) is 0 Å². The van der Waals surface area contributed by atoms with Crippen molar-refractivity contribution in [1.29, 1.82) is 0 Å². The number of hydrogen-bond donors (Lipinski definition) is 1. The molecule has 10 nitrogen and oxygen atoms in total. The van der Waals surface area contributed by atoms with Crippen molar-refractivity contribution in [1.82, 2.24) is 19.5 Å². The monoisotopic (exact) mass is 529 g/mol. The maximum absolute atomic E-state index is 15.8. The highest BCUT2D eigenvalue weighted by Gasteiger charge is 2.63. The second kappa shape index (κ2) is 9.71. The minimum Gasteiger partial charge on any atom is -0.459 e. The predicted octanol–water partition coefficient (Wildman–Crippen LogP) is 3.68. The summed E-state index contributed by atoms with van der Waals surface area (Å²) in [5.41, 5.74) is 5.81. The van der Waals surface area contributed by atoms with Gasteiger partial charge in [-0.15, -0.1) is 0 Å². The number of carbonyl (C=O) groups is 2. The van der Waals surface area contributed by atoms with Crippen LogP contribution in [0.15, 0.2) is 67.0 Å². The molecule has 5 rings (SSSR count). The molecule has 0 amide bonds. The lowest BCUT2D eigenvalue weighted by molar-refractivity contribution is -0.140. The van der Waals surface area contributed by atoms with Gasteiger partial charge in [-0.25, -0.2) is 14.6 Å². The fraction of sp³-hybridized carbons (Fsp3) is 0.208. The van der Waals surface area contributed by atoms with Gasteiger partial charge in [-0.3, -0.25) is 4.57 Å². The van der Waals surface area contributed by atoms with Crippen molar-refractivity contribution in [3.05, 3.63) is 83.3 Å². The second-order valence-corrected chi connectivity index (χ2v) is 8.41. The lowest BCUT2D eigenvalue weighted by Crippen LogP contribution is -2.43. The number of carbonyl (C=O) groups excluding carboxylic acids is 2. The number of esters is 2. The van der Waals surface area contributed by atoms with Gasteiger partial charge in [0.1, 0.15) is 18.2 Å². The Morgan fingerprint density at radius 2 is 1.65 bits per heavy atom. The maximum Gasteiger partial charge on any atom is 0.338 e. The van der Waals surface area contributed by atoms with Gasteiger partial charge in [0.15, 0.2) is 16.9 Å². The number of fused-ring (bicyclic) bond motifs is 1. The summed E-state index contributed by atoms with van der Waals surface area (Å²) in [5, 5.41) is -0.136. The molecule has 37 heavy (non-hydrogen) atoms. The van der Waals surface area contributed by atoms with Gasteiger partial charge in [-0.1, -0.05) is 48.0 Å². The van der Waals surface area contributed by atoms with Gasteiger partial charge in [-0.2, -0.15) is 18.7 Å². The fourth-order valence-electron chi connectivity index (χ4n) is 3.89. The Hall–Kier alpha value is -4.16. The van der Waals surface area contributed by atoms with Crippen molar-refractivity contribution in [2.24, 2.45) is 0 Å². The van der Waals surface area contributed by atoms with Crippen molar-refractivity contribution in [2.75, 3.05) is 12.3 Å². The third kappa shape index (κ3) is 4.68. The normalized spacial score (nSPS) is 20.6. The molecule has 0 aliphatic carbocycles. The highest BCUT2D eigenvalue weighted by atomic mass is 35.5. The third-order valence-corrected chi connectivity index (χ3v) is 5.89. The van der Waals surface area contributed by atoms with E-state index in [2.05, 4.69) is 15.0 Å². The van der Waals surface area contributed by atoms with Crippen LogP contribution < -0.4 is 5.73 Å². The first-order valence-electron chi connectivity index (χ1n) is 10.9. The average Bonchev–Trinajstić information content (AvgIpc) is 3.41. The Kier molecular flexibility index (Phi) is 6.44. The van der Waals surface area contributed by atoms with E-state index in [0.29, 0.717) is 0 Å². The molecule has 0 radical (unpaired) electrons. The predicted molar refractivity (Wildman–Crippen MR) is 126 cm³/mol. The third-order valence-electron chi connectivity index (χ3n) is 5.63. The summed E-state index contributed by atoms with van der Waals surface area (Å²) in [4.78, 5) is 36.8. The molecule has 1 aliphatic rings. The standard InChI is InChI=1S/C24H18ClF2N5O5/c25-18-16-19(31-23(28)30-18)32(12-29-16)22-24(26,27)17(37-21(34)14-9-5-2-6-10-14)15(36-22)11-35-20(33)13-7-3-1-4-8-13/h1-10,12,15,17,22H,11H2,(H2,28,30,31)/t15-,17-,22-/m0/s1. The van der Waals surface area contributed by atoms with Gasteiger partial charge in [0.25, 0.3) is 0 Å². The van der Waals surface area contributed by atoms with E-state index in [-0.39, 0.29) is 33.4 Å². The number of hydrogen-bond acceptors (Lipinski definition) is 9. The van der Waals surface area contributed by atoms with Crippen LogP contribution in [0.1, 0.15) is 26.9 Å². The molecule has 2 N–H and O–H groups in total. The lowest BCUT2D eigenvalue weighted by Gasteiger charge is -2.24. The molecule has 2 aromatic carbocycles. The van der Waals surface area contributed by atoms with Gasteiger partial charge in [0.05, 0.1) is 17.5 Å². The molecule has 4 aromatic rings. The number of nitrogens with zero attached hydrogens (tertiary/aromatic N) is 4. The number of alkyl halides is 2.